The molecule has 1 rings (SSSR count). The van der Waals surface area contributed by atoms with E-state index in [-0.39, 0.29) is 17.3 Å². The van der Waals surface area contributed by atoms with Gasteiger partial charge in [0.2, 0.25) is 0 Å². The van der Waals surface area contributed by atoms with Crippen LogP contribution in [0.5, 0.6) is 0 Å². The van der Waals surface area contributed by atoms with Crippen molar-refractivity contribution in [1.29, 1.82) is 0 Å². The van der Waals surface area contributed by atoms with E-state index in [1.165, 1.54) is 6.08 Å². The molecule has 0 aromatic rings. The van der Waals surface area contributed by atoms with Gasteiger partial charge in [-0.15, -0.1) is 0 Å². The Morgan fingerprint density at radius 2 is 2.20 bits per heavy atom. The molecule has 0 bridgehead atoms. The predicted octanol–water partition coefficient (Wildman–Crippen LogP) is 1.76. The summed E-state index contributed by atoms with van der Waals surface area (Å²) in [5.74, 6) is -0.129. The van der Waals surface area contributed by atoms with Gasteiger partial charge in [0.1, 0.15) is 5.83 Å². The van der Waals surface area contributed by atoms with Gasteiger partial charge in [0.15, 0.2) is 0 Å². The van der Waals surface area contributed by atoms with Crippen molar-refractivity contribution in [1.82, 2.24) is 0 Å². The van der Waals surface area contributed by atoms with Crippen molar-refractivity contribution in [3.8, 4) is 0 Å². The molecule has 0 amide bonds. The third-order valence-corrected chi connectivity index (χ3v) is 1.66. The van der Waals surface area contributed by atoms with Crippen LogP contribution in [0.15, 0.2) is 24.1 Å². The minimum Gasteiger partial charge on any atom is -0.325 e. The zero-order valence-electron chi connectivity index (χ0n) is 6.26. The first-order chi connectivity index (χ1) is 4.50. The molecule has 10 heavy (non-hydrogen) atoms. The first-order valence-electron chi connectivity index (χ1n) is 3.34. The summed E-state index contributed by atoms with van der Waals surface area (Å²) in [6.07, 6.45) is 4.79. The van der Waals surface area contributed by atoms with Gasteiger partial charge in [-0.1, -0.05) is 6.08 Å². The van der Waals surface area contributed by atoms with Crippen LogP contribution in [-0.2, 0) is 0 Å². The summed E-state index contributed by atoms with van der Waals surface area (Å²) >= 11 is 0. The second-order valence-electron chi connectivity index (χ2n) is 3.26. The van der Waals surface area contributed by atoms with Gasteiger partial charge >= 0.3 is 0 Å². The van der Waals surface area contributed by atoms with Crippen LogP contribution in [0, 0.1) is 5.92 Å². The molecule has 0 saturated carbocycles. The fourth-order valence-corrected chi connectivity index (χ4v) is 0.941. The molecule has 1 nitrogen and oxygen atoms in total. The molecule has 0 aliphatic heterocycles. The Kier molecular flexibility index (Phi) is 1.65. The maximum atomic E-state index is 12.4. The van der Waals surface area contributed by atoms with Gasteiger partial charge in [0.05, 0.1) is 0 Å². The van der Waals surface area contributed by atoms with E-state index in [4.69, 9.17) is 5.73 Å². The van der Waals surface area contributed by atoms with Gasteiger partial charge in [-0.2, -0.15) is 0 Å². The van der Waals surface area contributed by atoms with Gasteiger partial charge in [0.25, 0.3) is 0 Å². The van der Waals surface area contributed by atoms with Crippen LogP contribution < -0.4 is 5.73 Å². The molecule has 0 saturated heterocycles. The molecule has 1 unspecified atom stereocenters. The molecule has 0 heterocycles. The lowest BCUT2D eigenvalue weighted by Crippen LogP contribution is -2.38. The van der Waals surface area contributed by atoms with Gasteiger partial charge < -0.3 is 5.73 Å². The van der Waals surface area contributed by atoms with Crippen molar-refractivity contribution in [2.75, 3.05) is 0 Å². The molecule has 1 atom stereocenters. The highest BCUT2D eigenvalue weighted by Crippen LogP contribution is 2.24. The Bertz CT molecular complexity index is 186. The number of allylic oxidation sites excluding steroid dienone is 2. The number of hydrogen-bond donors (Lipinski definition) is 1. The Balaban J connectivity index is 2.72. The molecule has 2 heteroatoms. The smallest absolute Gasteiger partial charge is 0.119 e. The average Bonchev–Trinajstić information content (AvgIpc) is 2.11. The summed E-state index contributed by atoms with van der Waals surface area (Å²) in [7, 11) is 0. The number of hydrogen-bond acceptors (Lipinski definition) is 1. The van der Waals surface area contributed by atoms with Crippen LogP contribution >= 0.6 is 0 Å². The summed E-state index contributed by atoms with van der Waals surface area (Å²) < 4.78 is 12.4. The van der Waals surface area contributed by atoms with Crippen LogP contribution in [0.25, 0.3) is 0 Å². The first-order valence-corrected chi connectivity index (χ1v) is 3.34. The van der Waals surface area contributed by atoms with E-state index in [0.29, 0.717) is 0 Å². The SMILES string of the molecule is CC(C)(N)C1C=CC(F)=C1. The van der Waals surface area contributed by atoms with Gasteiger partial charge in [-0.25, -0.2) is 4.39 Å². The molecule has 1 aliphatic rings. The summed E-state index contributed by atoms with van der Waals surface area (Å²) in [6.45, 7) is 3.77. The Morgan fingerprint density at radius 3 is 2.40 bits per heavy atom. The van der Waals surface area contributed by atoms with Crippen molar-refractivity contribution in [3.05, 3.63) is 24.1 Å². The molecular formula is C8H12FN. The van der Waals surface area contributed by atoms with E-state index in [1.54, 1.807) is 12.2 Å². The second-order valence-corrected chi connectivity index (χ2v) is 3.26. The summed E-state index contributed by atoms with van der Waals surface area (Å²) in [6, 6.07) is 0. The van der Waals surface area contributed by atoms with Crippen molar-refractivity contribution in [2.24, 2.45) is 11.7 Å². The standard InChI is InChI=1S/C8H12FN/c1-8(2,10)6-3-4-7(9)5-6/h3-6H,10H2,1-2H3. The van der Waals surface area contributed by atoms with Crippen molar-refractivity contribution < 1.29 is 4.39 Å². The molecule has 0 fully saturated rings. The van der Waals surface area contributed by atoms with Crippen LogP contribution in [0.4, 0.5) is 4.39 Å². The second kappa shape index (κ2) is 2.20. The minimum atomic E-state index is -0.343. The Hall–Kier alpha value is -0.630. The predicted molar refractivity (Wildman–Crippen MR) is 40.1 cm³/mol. The fourth-order valence-electron chi connectivity index (χ4n) is 0.941. The lowest BCUT2D eigenvalue weighted by Gasteiger charge is -2.23. The molecule has 0 aromatic heterocycles. The molecule has 56 valence electrons. The van der Waals surface area contributed by atoms with Crippen molar-refractivity contribution >= 4 is 0 Å². The molecule has 0 radical (unpaired) electrons. The van der Waals surface area contributed by atoms with Crippen LogP contribution in [0.1, 0.15) is 13.8 Å². The summed E-state index contributed by atoms with van der Waals surface area (Å²) in [4.78, 5) is 0. The third-order valence-electron chi connectivity index (χ3n) is 1.66. The molecule has 2 N–H and O–H groups in total. The van der Waals surface area contributed by atoms with Crippen LogP contribution in [0.2, 0.25) is 0 Å². The topological polar surface area (TPSA) is 26.0 Å². The highest BCUT2D eigenvalue weighted by molar-refractivity contribution is 5.26. The van der Waals surface area contributed by atoms with Crippen LogP contribution in [0.3, 0.4) is 0 Å². The average molecular weight is 141 g/mol. The lowest BCUT2D eigenvalue weighted by molar-refractivity contribution is 0.443. The normalized spacial score (nSPS) is 25.2. The first kappa shape index (κ1) is 7.48. The largest absolute Gasteiger partial charge is 0.325 e. The number of rotatable bonds is 1. The molecule has 0 aromatic carbocycles. The zero-order valence-corrected chi connectivity index (χ0v) is 6.26. The lowest BCUT2D eigenvalue weighted by atomic mass is 9.90. The van der Waals surface area contributed by atoms with Crippen molar-refractivity contribution in [3.63, 3.8) is 0 Å². The maximum absolute atomic E-state index is 12.4. The van der Waals surface area contributed by atoms with Crippen molar-refractivity contribution in [2.45, 2.75) is 19.4 Å². The number of nitrogens with two attached hydrogens (primary N) is 1. The van der Waals surface area contributed by atoms with E-state index >= 15 is 0 Å². The third kappa shape index (κ3) is 1.45. The molecular weight excluding hydrogens is 129 g/mol. The van der Waals surface area contributed by atoms with E-state index in [9.17, 15) is 4.39 Å². The monoisotopic (exact) mass is 141 g/mol. The van der Waals surface area contributed by atoms with Gasteiger partial charge in [0, 0.05) is 11.5 Å². The van der Waals surface area contributed by atoms with E-state index in [2.05, 4.69) is 0 Å². The Labute approximate surface area is 60.4 Å². The van der Waals surface area contributed by atoms with E-state index in [1.807, 2.05) is 13.8 Å². The van der Waals surface area contributed by atoms with Gasteiger partial charge in [-0.3, -0.25) is 0 Å². The quantitative estimate of drug-likeness (QED) is 0.591. The highest BCUT2D eigenvalue weighted by atomic mass is 19.1. The summed E-state index contributed by atoms with van der Waals surface area (Å²) in [5, 5.41) is 0. The Morgan fingerprint density at radius 1 is 1.60 bits per heavy atom. The highest BCUT2D eigenvalue weighted by Gasteiger charge is 2.23. The maximum Gasteiger partial charge on any atom is 0.119 e. The number of halogens is 1. The van der Waals surface area contributed by atoms with E-state index in [0.717, 1.165) is 0 Å². The fraction of sp³-hybridized carbons (Fsp3) is 0.500. The van der Waals surface area contributed by atoms with Crippen LogP contribution in [-0.4, -0.2) is 5.54 Å². The zero-order chi connectivity index (χ0) is 7.78. The van der Waals surface area contributed by atoms with Gasteiger partial charge in [-0.05, 0) is 26.0 Å². The van der Waals surface area contributed by atoms with E-state index < -0.39 is 0 Å². The molecule has 1 aliphatic carbocycles. The summed E-state index contributed by atoms with van der Waals surface area (Å²) in [5.41, 5.74) is 5.40. The minimum absolute atomic E-state index is 0.0486. The molecule has 0 spiro atoms.